The number of carbonyl (C=O) groups excluding carboxylic acids is 2. The highest BCUT2D eigenvalue weighted by molar-refractivity contribution is 8.26. The number of halogens is 1. The van der Waals surface area contributed by atoms with E-state index >= 15 is 0 Å². The molecule has 160 valence electrons. The standard InChI is InChI=1S/C22H19ClN2O4S2/c1-2-25-15(12-28-22(25)27)9-13-3-6-16(7-4-13)29-18-8-5-14(10-17(18)23)11-19-20(26)24-21(30)31-19/h3-8,10-11,15H,2,9,12H2,1H3,(H,24,26,30)/b19-11-. The van der Waals surface area contributed by atoms with Crippen molar-refractivity contribution in [3.63, 3.8) is 0 Å². The minimum Gasteiger partial charge on any atom is -0.456 e. The lowest BCUT2D eigenvalue weighted by Gasteiger charge is -2.19. The lowest BCUT2D eigenvalue weighted by atomic mass is 10.1. The van der Waals surface area contributed by atoms with Crippen molar-refractivity contribution in [2.24, 2.45) is 0 Å². The molecule has 2 heterocycles. The number of carbonyl (C=O) groups is 2. The van der Waals surface area contributed by atoms with Crippen LogP contribution in [0.3, 0.4) is 0 Å². The molecule has 9 heteroatoms. The first-order valence-corrected chi connectivity index (χ1v) is 11.3. The van der Waals surface area contributed by atoms with Crippen LogP contribution in [0.2, 0.25) is 5.02 Å². The molecule has 1 N–H and O–H groups in total. The van der Waals surface area contributed by atoms with Gasteiger partial charge in [0.05, 0.1) is 16.0 Å². The fourth-order valence-electron chi connectivity index (χ4n) is 3.40. The van der Waals surface area contributed by atoms with Crippen LogP contribution >= 0.6 is 35.6 Å². The van der Waals surface area contributed by atoms with Gasteiger partial charge in [-0.05, 0) is 54.8 Å². The van der Waals surface area contributed by atoms with E-state index in [4.69, 9.17) is 33.3 Å². The maximum Gasteiger partial charge on any atom is 0.410 e. The maximum atomic E-state index is 11.8. The highest BCUT2D eigenvalue weighted by Gasteiger charge is 2.31. The second-order valence-electron chi connectivity index (χ2n) is 7.01. The summed E-state index contributed by atoms with van der Waals surface area (Å²) in [6.45, 7) is 2.99. The van der Waals surface area contributed by atoms with E-state index in [1.807, 2.05) is 37.3 Å². The summed E-state index contributed by atoms with van der Waals surface area (Å²) < 4.78 is 11.5. The van der Waals surface area contributed by atoms with Crippen molar-refractivity contribution in [3.8, 4) is 11.5 Å². The molecule has 2 aromatic carbocycles. The Morgan fingerprint density at radius 2 is 2.06 bits per heavy atom. The Balaban J connectivity index is 1.41. The van der Waals surface area contributed by atoms with E-state index in [1.165, 1.54) is 11.8 Å². The molecular weight excluding hydrogens is 456 g/mol. The number of hydrogen-bond acceptors (Lipinski definition) is 6. The van der Waals surface area contributed by atoms with Gasteiger partial charge in [0.1, 0.15) is 22.4 Å². The van der Waals surface area contributed by atoms with E-state index in [2.05, 4.69) is 5.32 Å². The summed E-state index contributed by atoms with van der Waals surface area (Å²) in [6, 6.07) is 13.1. The van der Waals surface area contributed by atoms with Gasteiger partial charge < -0.3 is 19.7 Å². The molecule has 0 spiro atoms. The van der Waals surface area contributed by atoms with Gasteiger partial charge in [0, 0.05) is 6.54 Å². The maximum absolute atomic E-state index is 11.8. The summed E-state index contributed by atoms with van der Waals surface area (Å²) in [5.74, 6) is 0.962. The number of hydrogen-bond donors (Lipinski definition) is 1. The van der Waals surface area contributed by atoms with Crippen LogP contribution in [0.1, 0.15) is 18.1 Å². The fraction of sp³-hybridized carbons (Fsp3) is 0.227. The predicted octanol–water partition coefficient (Wildman–Crippen LogP) is 5.00. The predicted molar refractivity (Wildman–Crippen MR) is 125 cm³/mol. The second kappa shape index (κ2) is 9.30. The van der Waals surface area contributed by atoms with Gasteiger partial charge in [0.2, 0.25) is 0 Å². The van der Waals surface area contributed by atoms with Crippen LogP contribution in [-0.4, -0.2) is 40.4 Å². The summed E-state index contributed by atoms with van der Waals surface area (Å²) in [7, 11) is 0. The normalized spacial score (nSPS) is 19.7. The highest BCUT2D eigenvalue weighted by atomic mass is 35.5. The number of nitrogens with zero attached hydrogens (tertiary/aromatic N) is 1. The third kappa shape index (κ3) is 5.03. The second-order valence-corrected chi connectivity index (χ2v) is 9.14. The van der Waals surface area contributed by atoms with Crippen molar-refractivity contribution in [1.82, 2.24) is 10.2 Å². The van der Waals surface area contributed by atoms with Gasteiger partial charge >= 0.3 is 6.09 Å². The fourth-order valence-corrected chi connectivity index (χ4v) is 4.67. The number of rotatable bonds is 6. The van der Waals surface area contributed by atoms with Crippen molar-refractivity contribution in [2.45, 2.75) is 19.4 Å². The number of benzene rings is 2. The van der Waals surface area contributed by atoms with E-state index in [9.17, 15) is 9.59 Å². The van der Waals surface area contributed by atoms with Gasteiger partial charge in [-0.25, -0.2) is 4.79 Å². The quantitative estimate of drug-likeness (QED) is 0.469. The van der Waals surface area contributed by atoms with E-state index < -0.39 is 0 Å². The Kier molecular flexibility index (Phi) is 6.50. The van der Waals surface area contributed by atoms with E-state index in [1.54, 1.807) is 23.1 Å². The van der Waals surface area contributed by atoms with E-state index in [-0.39, 0.29) is 18.0 Å². The molecule has 1 unspecified atom stereocenters. The minimum atomic E-state index is -0.254. The highest BCUT2D eigenvalue weighted by Crippen LogP contribution is 2.33. The summed E-state index contributed by atoms with van der Waals surface area (Å²) in [5.41, 5.74) is 1.87. The van der Waals surface area contributed by atoms with Crippen molar-refractivity contribution in [3.05, 3.63) is 63.5 Å². The molecule has 31 heavy (non-hydrogen) atoms. The zero-order valence-electron chi connectivity index (χ0n) is 16.6. The number of cyclic esters (lactones) is 1. The Labute approximate surface area is 194 Å². The third-order valence-corrected chi connectivity index (χ3v) is 6.39. The Morgan fingerprint density at radius 1 is 1.29 bits per heavy atom. The van der Waals surface area contributed by atoms with Crippen LogP contribution in [-0.2, 0) is 16.0 Å². The molecule has 2 fully saturated rings. The summed E-state index contributed by atoms with van der Waals surface area (Å²) in [6.07, 6.45) is 2.20. The monoisotopic (exact) mass is 474 g/mol. The van der Waals surface area contributed by atoms with Gasteiger partial charge in [0.25, 0.3) is 5.91 Å². The minimum absolute atomic E-state index is 0.0508. The van der Waals surface area contributed by atoms with Crippen LogP contribution in [0.25, 0.3) is 6.08 Å². The first kappa shape index (κ1) is 21.7. The molecule has 2 aliphatic rings. The number of thioether (sulfide) groups is 1. The molecule has 2 saturated heterocycles. The lowest BCUT2D eigenvalue weighted by molar-refractivity contribution is -0.115. The van der Waals surface area contributed by atoms with Gasteiger partial charge in [-0.3, -0.25) is 4.79 Å². The van der Waals surface area contributed by atoms with Gasteiger partial charge in [-0.15, -0.1) is 0 Å². The molecule has 0 saturated carbocycles. The lowest BCUT2D eigenvalue weighted by Crippen LogP contribution is -2.34. The first-order chi connectivity index (χ1) is 14.9. The Bertz CT molecular complexity index is 1070. The zero-order valence-corrected chi connectivity index (χ0v) is 19.0. The molecule has 1 atom stereocenters. The molecule has 0 aliphatic carbocycles. The molecular formula is C22H19ClN2O4S2. The molecule has 2 aliphatic heterocycles. The number of likely N-dealkylation sites (N-methyl/N-ethyl adjacent to an activating group) is 1. The molecule has 4 rings (SSSR count). The topological polar surface area (TPSA) is 67.9 Å². The van der Waals surface area contributed by atoms with Gasteiger partial charge in [-0.1, -0.05) is 53.8 Å². The van der Waals surface area contributed by atoms with E-state index in [0.29, 0.717) is 38.9 Å². The van der Waals surface area contributed by atoms with Crippen molar-refractivity contribution in [2.75, 3.05) is 13.2 Å². The number of nitrogens with one attached hydrogen (secondary N) is 1. The van der Waals surface area contributed by atoms with Crippen LogP contribution < -0.4 is 10.1 Å². The van der Waals surface area contributed by atoms with Crippen molar-refractivity contribution >= 4 is 58.0 Å². The molecule has 2 aromatic rings. The molecule has 0 radical (unpaired) electrons. The molecule has 2 amide bonds. The first-order valence-electron chi connectivity index (χ1n) is 9.67. The molecule has 0 bridgehead atoms. The van der Waals surface area contributed by atoms with Gasteiger partial charge in [-0.2, -0.15) is 0 Å². The van der Waals surface area contributed by atoms with Crippen LogP contribution in [0.15, 0.2) is 47.4 Å². The average molecular weight is 475 g/mol. The number of ether oxygens (including phenoxy) is 2. The van der Waals surface area contributed by atoms with Crippen LogP contribution in [0.4, 0.5) is 4.79 Å². The SMILES string of the molecule is CCN1C(=O)OCC1Cc1ccc(Oc2ccc(/C=C3\SC(=S)NC3=O)cc2Cl)cc1. The zero-order chi connectivity index (χ0) is 22.0. The summed E-state index contributed by atoms with van der Waals surface area (Å²) >= 11 is 12.6. The summed E-state index contributed by atoms with van der Waals surface area (Å²) in [4.78, 5) is 25.8. The van der Waals surface area contributed by atoms with Gasteiger partial charge in [0.15, 0.2) is 0 Å². The number of amides is 2. The Hall–Kier alpha value is -2.55. The smallest absolute Gasteiger partial charge is 0.410 e. The summed E-state index contributed by atoms with van der Waals surface area (Å²) in [5, 5.41) is 3.02. The van der Waals surface area contributed by atoms with Crippen molar-refractivity contribution in [1.29, 1.82) is 0 Å². The average Bonchev–Trinajstić information content (AvgIpc) is 3.25. The van der Waals surface area contributed by atoms with Crippen LogP contribution in [0.5, 0.6) is 11.5 Å². The number of thiocarbonyl (C=S) groups is 1. The Morgan fingerprint density at radius 3 is 2.71 bits per heavy atom. The largest absolute Gasteiger partial charge is 0.456 e. The van der Waals surface area contributed by atoms with E-state index in [0.717, 1.165) is 17.5 Å². The molecule has 0 aromatic heterocycles. The van der Waals surface area contributed by atoms with Crippen molar-refractivity contribution < 1.29 is 19.1 Å². The molecule has 6 nitrogen and oxygen atoms in total. The third-order valence-electron chi connectivity index (χ3n) is 4.93. The van der Waals surface area contributed by atoms with Crippen LogP contribution in [0, 0.1) is 0 Å².